The van der Waals surface area contributed by atoms with Crippen LogP contribution in [-0.2, 0) is 4.74 Å². The molecule has 0 saturated carbocycles. The van der Waals surface area contributed by atoms with Crippen LogP contribution in [0.2, 0.25) is 5.02 Å². The van der Waals surface area contributed by atoms with E-state index in [9.17, 15) is 14.9 Å². The summed E-state index contributed by atoms with van der Waals surface area (Å²) in [6.45, 7) is 3.17. The molecule has 2 rings (SSSR count). The third kappa shape index (κ3) is 3.43. The van der Waals surface area contributed by atoms with Crippen LogP contribution in [0.25, 0.3) is 0 Å². The lowest BCUT2D eigenvalue weighted by Crippen LogP contribution is -2.38. The monoisotopic (exact) mass is 313 g/mol. The molecule has 2 atom stereocenters. The summed E-state index contributed by atoms with van der Waals surface area (Å²) >= 11 is 5.84. The van der Waals surface area contributed by atoms with Crippen LogP contribution >= 0.6 is 11.6 Å². The van der Waals surface area contributed by atoms with Gasteiger partial charge in [-0.05, 0) is 19.4 Å². The van der Waals surface area contributed by atoms with Gasteiger partial charge in [-0.15, -0.1) is 0 Å². The molecule has 1 amide bonds. The number of ether oxygens (including phenoxy) is 1. The molecule has 0 radical (unpaired) electrons. The number of rotatable bonds is 4. The lowest BCUT2D eigenvalue weighted by Gasteiger charge is -2.19. The van der Waals surface area contributed by atoms with Gasteiger partial charge in [-0.2, -0.15) is 0 Å². The molecule has 114 valence electrons. The normalized spacial score (nSPS) is 19.2. The Balaban J connectivity index is 2.17. The maximum atomic E-state index is 12.2. The number of hydrogen-bond acceptors (Lipinski definition) is 5. The number of benzene rings is 1. The average molecular weight is 314 g/mol. The number of hydrogen-bond donors (Lipinski definition) is 2. The molecule has 8 heteroatoms. The molecule has 1 saturated heterocycles. The van der Waals surface area contributed by atoms with E-state index in [-0.39, 0.29) is 33.9 Å². The first-order valence-electron chi connectivity index (χ1n) is 6.52. The van der Waals surface area contributed by atoms with Crippen LogP contribution < -0.4 is 11.1 Å². The minimum atomic E-state index is -0.660. The summed E-state index contributed by atoms with van der Waals surface area (Å²) in [6, 6.07) is 2.38. The summed E-state index contributed by atoms with van der Waals surface area (Å²) in [5.41, 5.74) is 5.13. The van der Waals surface area contributed by atoms with E-state index in [1.54, 1.807) is 0 Å². The van der Waals surface area contributed by atoms with Gasteiger partial charge < -0.3 is 15.8 Å². The number of anilines is 1. The van der Waals surface area contributed by atoms with Gasteiger partial charge in [-0.25, -0.2) is 0 Å². The number of nitro groups is 1. The van der Waals surface area contributed by atoms with Crippen molar-refractivity contribution < 1.29 is 14.5 Å². The Morgan fingerprint density at radius 3 is 2.90 bits per heavy atom. The van der Waals surface area contributed by atoms with Crippen molar-refractivity contribution in [3.8, 4) is 0 Å². The number of nitro benzene ring substituents is 1. The summed E-state index contributed by atoms with van der Waals surface area (Å²) in [5.74, 6) is -0.174. The van der Waals surface area contributed by atoms with E-state index < -0.39 is 10.8 Å². The Morgan fingerprint density at radius 1 is 1.62 bits per heavy atom. The summed E-state index contributed by atoms with van der Waals surface area (Å²) in [4.78, 5) is 22.4. The topological polar surface area (TPSA) is 107 Å². The summed E-state index contributed by atoms with van der Waals surface area (Å²) in [6.07, 6.45) is 0.879. The Hall–Kier alpha value is -1.86. The van der Waals surface area contributed by atoms with Crippen molar-refractivity contribution >= 4 is 28.9 Å². The number of carbonyl (C=O) groups excluding carboxylic acids is 1. The molecule has 0 aliphatic carbocycles. The second-order valence-corrected chi connectivity index (χ2v) is 5.44. The van der Waals surface area contributed by atoms with Gasteiger partial charge in [-0.3, -0.25) is 14.9 Å². The molecular weight excluding hydrogens is 298 g/mol. The Labute approximate surface area is 126 Å². The fraction of sp³-hybridized carbons (Fsp3) is 0.462. The van der Waals surface area contributed by atoms with E-state index >= 15 is 0 Å². The van der Waals surface area contributed by atoms with Gasteiger partial charge in [0.05, 0.1) is 16.6 Å². The highest BCUT2D eigenvalue weighted by Gasteiger charge is 2.25. The van der Waals surface area contributed by atoms with E-state index in [1.165, 1.54) is 6.07 Å². The Morgan fingerprint density at radius 2 is 2.33 bits per heavy atom. The predicted octanol–water partition coefficient (Wildman–Crippen LogP) is 1.99. The molecule has 1 heterocycles. The Bertz CT molecular complexity index is 573. The third-order valence-corrected chi connectivity index (χ3v) is 3.91. The van der Waals surface area contributed by atoms with E-state index in [2.05, 4.69) is 5.32 Å². The van der Waals surface area contributed by atoms with Gasteiger partial charge in [0, 0.05) is 30.2 Å². The molecule has 0 bridgehead atoms. The van der Waals surface area contributed by atoms with Crippen molar-refractivity contribution in [3.63, 3.8) is 0 Å². The van der Waals surface area contributed by atoms with Crippen LogP contribution in [0.1, 0.15) is 23.7 Å². The SMILES string of the molecule is CC(NC(=O)c1cc(Cl)c(N)c([N+](=O)[O-])c1)C1CCOC1. The highest BCUT2D eigenvalue weighted by atomic mass is 35.5. The number of carbonyl (C=O) groups is 1. The molecule has 3 N–H and O–H groups in total. The highest BCUT2D eigenvalue weighted by molar-refractivity contribution is 6.34. The van der Waals surface area contributed by atoms with Crippen molar-refractivity contribution in [2.24, 2.45) is 5.92 Å². The quantitative estimate of drug-likeness (QED) is 0.502. The van der Waals surface area contributed by atoms with Crippen molar-refractivity contribution in [2.75, 3.05) is 18.9 Å². The third-order valence-electron chi connectivity index (χ3n) is 3.60. The van der Waals surface area contributed by atoms with Gasteiger partial charge in [0.25, 0.3) is 11.6 Å². The summed E-state index contributed by atoms with van der Waals surface area (Å²) in [7, 11) is 0. The van der Waals surface area contributed by atoms with Gasteiger partial charge in [-0.1, -0.05) is 11.6 Å². The molecule has 0 aromatic heterocycles. The minimum Gasteiger partial charge on any atom is -0.392 e. The van der Waals surface area contributed by atoms with Crippen molar-refractivity contribution in [1.29, 1.82) is 0 Å². The summed E-state index contributed by atoms with van der Waals surface area (Å²) in [5, 5.41) is 13.7. The zero-order chi connectivity index (χ0) is 15.6. The number of nitrogens with one attached hydrogen (secondary N) is 1. The first-order valence-corrected chi connectivity index (χ1v) is 6.90. The Kier molecular flexibility index (Phi) is 4.64. The molecule has 1 aliphatic heterocycles. The van der Waals surface area contributed by atoms with Gasteiger partial charge >= 0.3 is 0 Å². The van der Waals surface area contributed by atoms with Crippen LogP contribution in [0, 0.1) is 16.0 Å². The highest BCUT2D eigenvalue weighted by Crippen LogP contribution is 2.31. The molecule has 1 fully saturated rings. The van der Waals surface area contributed by atoms with Gasteiger partial charge in [0.1, 0.15) is 5.69 Å². The van der Waals surface area contributed by atoms with E-state index in [0.717, 1.165) is 12.5 Å². The average Bonchev–Trinajstić information content (AvgIpc) is 2.95. The standard InChI is InChI=1S/C13H16ClN3O4/c1-7(8-2-3-21-6-8)16-13(18)9-4-10(14)12(15)11(5-9)17(19)20/h4-5,7-8H,2-3,6,15H2,1H3,(H,16,18). The molecule has 21 heavy (non-hydrogen) atoms. The van der Waals surface area contributed by atoms with Gasteiger partial charge in [0.2, 0.25) is 0 Å². The fourth-order valence-electron chi connectivity index (χ4n) is 2.24. The van der Waals surface area contributed by atoms with Crippen LogP contribution in [0.5, 0.6) is 0 Å². The number of nitrogens with two attached hydrogens (primary N) is 1. The number of nitrogens with zero attached hydrogens (tertiary/aromatic N) is 1. The summed E-state index contributed by atoms with van der Waals surface area (Å²) < 4.78 is 5.27. The zero-order valence-electron chi connectivity index (χ0n) is 11.5. The fourth-order valence-corrected chi connectivity index (χ4v) is 2.45. The minimum absolute atomic E-state index is 0.00815. The van der Waals surface area contributed by atoms with Crippen molar-refractivity contribution in [2.45, 2.75) is 19.4 Å². The van der Waals surface area contributed by atoms with Crippen molar-refractivity contribution in [1.82, 2.24) is 5.32 Å². The molecular formula is C13H16ClN3O4. The maximum Gasteiger partial charge on any atom is 0.294 e. The molecule has 1 aromatic carbocycles. The van der Waals surface area contributed by atoms with Crippen LogP contribution in [0.15, 0.2) is 12.1 Å². The molecule has 7 nitrogen and oxygen atoms in total. The lowest BCUT2D eigenvalue weighted by molar-refractivity contribution is -0.383. The molecule has 1 aromatic rings. The molecule has 2 unspecified atom stereocenters. The first kappa shape index (κ1) is 15.5. The lowest BCUT2D eigenvalue weighted by atomic mass is 10.0. The van der Waals surface area contributed by atoms with Crippen molar-refractivity contribution in [3.05, 3.63) is 32.8 Å². The van der Waals surface area contributed by atoms with E-state index in [4.69, 9.17) is 22.1 Å². The zero-order valence-corrected chi connectivity index (χ0v) is 12.2. The number of halogens is 1. The van der Waals surface area contributed by atoms with Crippen LogP contribution in [-0.4, -0.2) is 30.1 Å². The van der Waals surface area contributed by atoms with E-state index in [0.29, 0.717) is 13.2 Å². The smallest absolute Gasteiger partial charge is 0.294 e. The van der Waals surface area contributed by atoms with Crippen LogP contribution in [0.4, 0.5) is 11.4 Å². The molecule has 0 spiro atoms. The maximum absolute atomic E-state index is 12.2. The van der Waals surface area contributed by atoms with E-state index in [1.807, 2.05) is 6.92 Å². The first-order chi connectivity index (χ1) is 9.90. The second-order valence-electron chi connectivity index (χ2n) is 5.03. The number of amides is 1. The van der Waals surface area contributed by atoms with Gasteiger partial charge in [0.15, 0.2) is 0 Å². The predicted molar refractivity (Wildman–Crippen MR) is 78.4 cm³/mol. The van der Waals surface area contributed by atoms with Crippen LogP contribution in [0.3, 0.4) is 0 Å². The number of nitrogen functional groups attached to an aromatic ring is 1. The molecule has 1 aliphatic rings. The largest absolute Gasteiger partial charge is 0.392 e. The second kappa shape index (κ2) is 6.28.